The van der Waals surface area contributed by atoms with Crippen molar-refractivity contribution in [1.82, 2.24) is 4.90 Å². The van der Waals surface area contributed by atoms with Gasteiger partial charge in [0.05, 0.1) is 6.61 Å². The highest BCUT2D eigenvalue weighted by atomic mass is 16.3. The molecule has 2 aromatic rings. The van der Waals surface area contributed by atoms with Gasteiger partial charge >= 0.3 is 0 Å². The normalized spacial score (nSPS) is 10.5. The number of hydrogen-bond donors (Lipinski definition) is 1. The summed E-state index contributed by atoms with van der Waals surface area (Å²) in [6.07, 6.45) is 1.20. The molecule has 3 nitrogen and oxygen atoms in total. The van der Waals surface area contributed by atoms with Crippen molar-refractivity contribution in [2.75, 3.05) is 13.2 Å². The highest BCUT2D eigenvalue weighted by molar-refractivity contribution is 5.76. The quantitative estimate of drug-likeness (QED) is 0.853. The monoisotopic (exact) mass is 297 g/mol. The summed E-state index contributed by atoms with van der Waals surface area (Å²) >= 11 is 0. The van der Waals surface area contributed by atoms with E-state index in [0.29, 0.717) is 19.5 Å². The molecular formula is C19H23NO2. The van der Waals surface area contributed by atoms with E-state index in [1.54, 1.807) is 4.90 Å². The molecule has 0 fully saturated rings. The van der Waals surface area contributed by atoms with E-state index in [1.807, 2.05) is 30.3 Å². The lowest BCUT2D eigenvalue weighted by atomic mass is 10.1. The number of carbonyl (C=O) groups is 1. The van der Waals surface area contributed by atoms with Crippen LogP contribution in [-0.2, 0) is 17.8 Å². The van der Waals surface area contributed by atoms with E-state index in [1.165, 1.54) is 11.1 Å². The van der Waals surface area contributed by atoms with Crippen LogP contribution in [0.2, 0.25) is 0 Å². The van der Waals surface area contributed by atoms with Crippen LogP contribution in [0, 0.1) is 6.92 Å². The van der Waals surface area contributed by atoms with Crippen molar-refractivity contribution in [3.8, 4) is 0 Å². The van der Waals surface area contributed by atoms with Crippen molar-refractivity contribution in [3.63, 3.8) is 0 Å². The molecule has 0 saturated heterocycles. The second-order valence-corrected chi connectivity index (χ2v) is 5.51. The summed E-state index contributed by atoms with van der Waals surface area (Å²) in [5.41, 5.74) is 3.48. The first-order chi connectivity index (χ1) is 10.7. The van der Waals surface area contributed by atoms with Crippen LogP contribution in [0.1, 0.15) is 23.1 Å². The summed E-state index contributed by atoms with van der Waals surface area (Å²) in [7, 11) is 0. The Labute approximate surface area is 132 Å². The van der Waals surface area contributed by atoms with Gasteiger partial charge < -0.3 is 10.0 Å². The maximum Gasteiger partial charge on any atom is 0.223 e. The van der Waals surface area contributed by atoms with Gasteiger partial charge in [-0.2, -0.15) is 0 Å². The average molecular weight is 297 g/mol. The number of nitrogens with zero attached hydrogens (tertiary/aromatic N) is 1. The van der Waals surface area contributed by atoms with Gasteiger partial charge in [-0.1, -0.05) is 60.2 Å². The zero-order chi connectivity index (χ0) is 15.8. The van der Waals surface area contributed by atoms with Gasteiger partial charge in [-0.05, 0) is 24.5 Å². The van der Waals surface area contributed by atoms with Crippen LogP contribution in [0.5, 0.6) is 0 Å². The molecule has 0 heterocycles. The second kappa shape index (κ2) is 8.35. The molecule has 0 spiro atoms. The third kappa shape index (κ3) is 5.01. The molecule has 22 heavy (non-hydrogen) atoms. The molecule has 0 aliphatic rings. The molecule has 0 radical (unpaired) electrons. The van der Waals surface area contributed by atoms with E-state index in [9.17, 15) is 9.90 Å². The topological polar surface area (TPSA) is 40.5 Å². The number of rotatable bonds is 7. The molecule has 0 saturated carbocycles. The largest absolute Gasteiger partial charge is 0.395 e. The molecular weight excluding hydrogens is 274 g/mol. The van der Waals surface area contributed by atoms with Crippen molar-refractivity contribution in [3.05, 3.63) is 71.3 Å². The van der Waals surface area contributed by atoms with Gasteiger partial charge in [0.25, 0.3) is 0 Å². The molecule has 0 bridgehead atoms. The Bertz CT molecular complexity index is 578. The maximum absolute atomic E-state index is 12.4. The minimum absolute atomic E-state index is 0.0108. The molecule has 3 heteroatoms. The molecule has 0 aliphatic carbocycles. The zero-order valence-corrected chi connectivity index (χ0v) is 13.0. The molecule has 0 aromatic heterocycles. The molecule has 2 aromatic carbocycles. The maximum atomic E-state index is 12.4. The highest BCUT2D eigenvalue weighted by Gasteiger charge is 2.13. The smallest absolute Gasteiger partial charge is 0.223 e. The van der Waals surface area contributed by atoms with Crippen molar-refractivity contribution in [2.24, 2.45) is 0 Å². The van der Waals surface area contributed by atoms with Gasteiger partial charge in [0.2, 0.25) is 5.91 Å². The Morgan fingerprint density at radius 2 is 1.68 bits per heavy atom. The first-order valence-electron chi connectivity index (χ1n) is 7.67. The summed E-state index contributed by atoms with van der Waals surface area (Å²) in [5.74, 6) is 0.0819. The molecule has 0 atom stereocenters. The van der Waals surface area contributed by atoms with Gasteiger partial charge in [-0.25, -0.2) is 0 Å². The predicted octanol–water partition coefficient (Wildman–Crippen LogP) is 2.95. The third-order valence-electron chi connectivity index (χ3n) is 3.69. The zero-order valence-electron chi connectivity index (χ0n) is 13.0. The van der Waals surface area contributed by atoms with Crippen molar-refractivity contribution in [2.45, 2.75) is 26.3 Å². The molecule has 1 N–H and O–H groups in total. The van der Waals surface area contributed by atoms with Gasteiger partial charge in [0.1, 0.15) is 0 Å². The van der Waals surface area contributed by atoms with Crippen molar-refractivity contribution in [1.29, 1.82) is 0 Å². The van der Waals surface area contributed by atoms with E-state index in [-0.39, 0.29) is 12.5 Å². The van der Waals surface area contributed by atoms with E-state index in [0.717, 1.165) is 12.0 Å². The average Bonchev–Trinajstić information content (AvgIpc) is 2.54. The number of aliphatic hydroxyl groups excluding tert-OH is 1. The fourth-order valence-corrected chi connectivity index (χ4v) is 2.38. The summed E-state index contributed by atoms with van der Waals surface area (Å²) in [4.78, 5) is 14.1. The van der Waals surface area contributed by atoms with Crippen LogP contribution in [0.3, 0.4) is 0 Å². The van der Waals surface area contributed by atoms with Gasteiger partial charge in [0.15, 0.2) is 0 Å². The highest BCUT2D eigenvalue weighted by Crippen LogP contribution is 2.10. The Balaban J connectivity index is 1.93. The minimum Gasteiger partial charge on any atom is -0.395 e. The van der Waals surface area contributed by atoms with Crippen LogP contribution < -0.4 is 0 Å². The summed E-state index contributed by atoms with van der Waals surface area (Å²) in [6, 6.07) is 18.1. The van der Waals surface area contributed by atoms with E-state index in [2.05, 4.69) is 31.2 Å². The molecule has 1 amide bonds. The van der Waals surface area contributed by atoms with Crippen LogP contribution in [0.25, 0.3) is 0 Å². The van der Waals surface area contributed by atoms with Crippen molar-refractivity contribution >= 4 is 5.91 Å². The van der Waals surface area contributed by atoms with Crippen molar-refractivity contribution < 1.29 is 9.90 Å². The van der Waals surface area contributed by atoms with Crippen LogP contribution in [-0.4, -0.2) is 29.1 Å². The number of amides is 1. The molecule has 116 valence electrons. The summed E-state index contributed by atoms with van der Waals surface area (Å²) in [5, 5.41) is 9.19. The van der Waals surface area contributed by atoms with Crippen LogP contribution in [0.4, 0.5) is 0 Å². The van der Waals surface area contributed by atoms with E-state index in [4.69, 9.17) is 0 Å². The van der Waals surface area contributed by atoms with Crippen LogP contribution in [0.15, 0.2) is 54.6 Å². The molecule has 2 rings (SSSR count). The summed E-state index contributed by atoms with van der Waals surface area (Å²) < 4.78 is 0. The first kappa shape index (κ1) is 16.2. The fraction of sp³-hybridized carbons (Fsp3) is 0.316. The van der Waals surface area contributed by atoms with Gasteiger partial charge in [-0.15, -0.1) is 0 Å². The Morgan fingerprint density at radius 1 is 1.00 bits per heavy atom. The van der Waals surface area contributed by atoms with Gasteiger partial charge in [0, 0.05) is 19.5 Å². The predicted molar refractivity (Wildman–Crippen MR) is 88.4 cm³/mol. The summed E-state index contributed by atoms with van der Waals surface area (Å²) in [6.45, 7) is 2.97. The van der Waals surface area contributed by atoms with Gasteiger partial charge in [-0.3, -0.25) is 4.79 Å². The van der Waals surface area contributed by atoms with E-state index < -0.39 is 0 Å². The third-order valence-corrected chi connectivity index (χ3v) is 3.69. The minimum atomic E-state index is -0.0108. The first-order valence-corrected chi connectivity index (χ1v) is 7.67. The Hall–Kier alpha value is -2.13. The lowest BCUT2D eigenvalue weighted by Crippen LogP contribution is -2.33. The number of carbonyl (C=O) groups excluding carboxylic acids is 1. The standard InChI is InChI=1S/C19H23NO2/c1-16-7-9-17(10-8-16)11-12-19(22)20(13-14-21)15-18-5-3-2-4-6-18/h2-10,21H,11-15H2,1H3. The Morgan fingerprint density at radius 3 is 2.32 bits per heavy atom. The molecule has 0 unspecified atom stereocenters. The van der Waals surface area contributed by atoms with E-state index >= 15 is 0 Å². The van der Waals surface area contributed by atoms with Crippen LogP contribution >= 0.6 is 0 Å². The lowest BCUT2D eigenvalue weighted by molar-refractivity contribution is -0.132. The number of aliphatic hydroxyl groups is 1. The number of aryl methyl sites for hydroxylation is 2. The Kier molecular flexibility index (Phi) is 6.16. The lowest BCUT2D eigenvalue weighted by Gasteiger charge is -2.22. The second-order valence-electron chi connectivity index (χ2n) is 5.51. The SMILES string of the molecule is Cc1ccc(CCC(=O)N(CCO)Cc2ccccc2)cc1. The number of hydrogen-bond acceptors (Lipinski definition) is 2. The number of benzene rings is 2. The fourth-order valence-electron chi connectivity index (χ4n) is 2.38. The molecule has 0 aliphatic heterocycles.